The Hall–Kier alpha value is -2.82. The lowest BCUT2D eigenvalue weighted by Crippen LogP contribution is -2.32. The highest BCUT2D eigenvalue weighted by Gasteiger charge is 2.37. The standard InChI is InChI=1S/C24H19ClN2OS/c1-17(19-8-4-2-5-9-19)27-23(28)22(16-18-12-14-20(25)15-13-18)29-24(27)26-21-10-6-3-7-11-21/h2-17H,1H3/b22-16-,26-24?/t17-/m0/s1. The number of amides is 1. The summed E-state index contributed by atoms with van der Waals surface area (Å²) in [5, 5.41) is 1.35. The second kappa shape index (κ2) is 8.68. The largest absolute Gasteiger partial charge is 0.279 e. The van der Waals surface area contributed by atoms with Crippen LogP contribution in [0.3, 0.4) is 0 Å². The van der Waals surface area contributed by atoms with Crippen molar-refractivity contribution >= 4 is 46.2 Å². The molecule has 0 unspecified atom stereocenters. The minimum absolute atomic E-state index is 0.0454. The van der Waals surface area contributed by atoms with E-state index < -0.39 is 0 Å². The summed E-state index contributed by atoms with van der Waals surface area (Å²) >= 11 is 7.38. The van der Waals surface area contributed by atoms with Crippen LogP contribution in [0.2, 0.25) is 5.02 Å². The summed E-state index contributed by atoms with van der Waals surface area (Å²) in [6.45, 7) is 2.03. The summed E-state index contributed by atoms with van der Waals surface area (Å²) in [4.78, 5) is 20.5. The molecule has 0 spiro atoms. The quantitative estimate of drug-likeness (QED) is 0.441. The number of hydrogen-bond donors (Lipinski definition) is 0. The van der Waals surface area contributed by atoms with Gasteiger partial charge in [-0.05, 0) is 60.2 Å². The summed E-state index contributed by atoms with van der Waals surface area (Å²) in [5.41, 5.74) is 2.81. The molecule has 3 nitrogen and oxygen atoms in total. The topological polar surface area (TPSA) is 32.7 Å². The maximum atomic E-state index is 13.3. The van der Waals surface area contributed by atoms with Gasteiger partial charge in [-0.3, -0.25) is 9.69 Å². The van der Waals surface area contributed by atoms with Crippen LogP contribution in [0.5, 0.6) is 0 Å². The first-order chi connectivity index (χ1) is 14.1. The molecular formula is C24H19ClN2OS. The van der Waals surface area contributed by atoms with Gasteiger partial charge in [-0.2, -0.15) is 0 Å². The third-order valence-corrected chi connectivity index (χ3v) is 5.89. The summed E-state index contributed by atoms with van der Waals surface area (Å²) in [6.07, 6.45) is 1.89. The molecule has 1 aliphatic heterocycles. The minimum Gasteiger partial charge on any atom is -0.279 e. The number of hydrogen-bond acceptors (Lipinski definition) is 3. The van der Waals surface area contributed by atoms with Crippen LogP contribution in [0.4, 0.5) is 5.69 Å². The second-order valence-electron chi connectivity index (χ2n) is 6.65. The van der Waals surface area contributed by atoms with Crippen LogP contribution in [-0.4, -0.2) is 16.0 Å². The molecule has 4 rings (SSSR count). The molecule has 1 fully saturated rings. The molecule has 0 bridgehead atoms. The lowest BCUT2D eigenvalue weighted by atomic mass is 10.1. The van der Waals surface area contributed by atoms with E-state index in [4.69, 9.17) is 16.6 Å². The van der Waals surface area contributed by atoms with Crippen LogP contribution >= 0.6 is 23.4 Å². The van der Waals surface area contributed by atoms with Crippen molar-refractivity contribution in [1.29, 1.82) is 0 Å². The van der Waals surface area contributed by atoms with Gasteiger partial charge in [0.25, 0.3) is 5.91 Å². The minimum atomic E-state index is -0.130. The van der Waals surface area contributed by atoms with Crippen LogP contribution in [0, 0.1) is 0 Å². The van der Waals surface area contributed by atoms with Gasteiger partial charge in [-0.1, -0.05) is 72.3 Å². The van der Waals surface area contributed by atoms with Gasteiger partial charge >= 0.3 is 0 Å². The first kappa shape index (κ1) is 19.5. The molecule has 5 heteroatoms. The fourth-order valence-corrected chi connectivity index (χ4v) is 4.30. The number of para-hydroxylation sites is 1. The van der Waals surface area contributed by atoms with Crippen molar-refractivity contribution in [3.63, 3.8) is 0 Å². The average Bonchev–Trinajstić information content (AvgIpc) is 3.05. The molecule has 0 aromatic heterocycles. The monoisotopic (exact) mass is 418 g/mol. The van der Waals surface area contributed by atoms with Crippen LogP contribution in [0.25, 0.3) is 6.08 Å². The number of carbonyl (C=O) groups excluding carboxylic acids is 1. The summed E-state index contributed by atoms with van der Waals surface area (Å²) in [6, 6.07) is 27.0. The predicted octanol–water partition coefficient (Wildman–Crippen LogP) is 6.71. The van der Waals surface area contributed by atoms with E-state index in [-0.39, 0.29) is 11.9 Å². The van der Waals surface area contributed by atoms with Crippen molar-refractivity contribution in [2.75, 3.05) is 0 Å². The SMILES string of the molecule is C[C@@H](c1ccccc1)N1C(=O)/C(=C/c2ccc(Cl)cc2)SC1=Nc1ccccc1. The lowest BCUT2D eigenvalue weighted by Gasteiger charge is -2.24. The Morgan fingerprint density at radius 1 is 0.931 bits per heavy atom. The summed E-state index contributed by atoms with van der Waals surface area (Å²) in [7, 11) is 0. The molecule has 3 aromatic rings. The van der Waals surface area contributed by atoms with Gasteiger partial charge in [-0.15, -0.1) is 0 Å². The Balaban J connectivity index is 1.74. The van der Waals surface area contributed by atoms with Gasteiger partial charge in [-0.25, -0.2) is 4.99 Å². The number of thioether (sulfide) groups is 1. The third-order valence-electron chi connectivity index (χ3n) is 4.65. The Morgan fingerprint density at radius 3 is 2.21 bits per heavy atom. The zero-order valence-electron chi connectivity index (χ0n) is 15.8. The highest BCUT2D eigenvalue weighted by molar-refractivity contribution is 8.18. The first-order valence-corrected chi connectivity index (χ1v) is 10.5. The van der Waals surface area contributed by atoms with Crippen molar-refractivity contribution in [1.82, 2.24) is 4.90 Å². The summed E-state index contributed by atoms with van der Waals surface area (Å²) < 4.78 is 0. The van der Waals surface area contributed by atoms with Crippen molar-refractivity contribution in [3.05, 3.63) is 106 Å². The number of rotatable bonds is 4. The first-order valence-electron chi connectivity index (χ1n) is 9.29. The molecule has 0 N–H and O–H groups in total. The van der Waals surface area contributed by atoms with Gasteiger partial charge in [0.15, 0.2) is 5.17 Å². The predicted molar refractivity (Wildman–Crippen MR) is 122 cm³/mol. The zero-order valence-corrected chi connectivity index (χ0v) is 17.4. The van der Waals surface area contributed by atoms with E-state index in [1.54, 1.807) is 4.90 Å². The number of nitrogens with zero attached hydrogens (tertiary/aromatic N) is 2. The van der Waals surface area contributed by atoms with Crippen LogP contribution in [0.15, 0.2) is 94.8 Å². The van der Waals surface area contributed by atoms with Gasteiger partial charge < -0.3 is 0 Å². The van der Waals surface area contributed by atoms with Crippen molar-refractivity contribution in [2.24, 2.45) is 4.99 Å². The van der Waals surface area contributed by atoms with E-state index >= 15 is 0 Å². The van der Waals surface area contributed by atoms with E-state index in [9.17, 15) is 4.79 Å². The van der Waals surface area contributed by atoms with Crippen LogP contribution in [0.1, 0.15) is 24.1 Å². The number of carbonyl (C=O) groups is 1. The molecule has 0 aliphatic carbocycles. The molecule has 0 saturated carbocycles. The number of aliphatic imine (C=N–C) groups is 1. The van der Waals surface area contributed by atoms with Gasteiger partial charge in [0.05, 0.1) is 16.6 Å². The van der Waals surface area contributed by atoms with E-state index in [1.165, 1.54) is 11.8 Å². The fraction of sp³-hybridized carbons (Fsp3) is 0.0833. The number of halogens is 1. The lowest BCUT2D eigenvalue weighted by molar-refractivity contribution is -0.123. The average molecular weight is 419 g/mol. The normalized spacial score (nSPS) is 17.9. The molecule has 29 heavy (non-hydrogen) atoms. The third kappa shape index (κ3) is 4.44. The maximum Gasteiger partial charge on any atom is 0.267 e. The number of benzene rings is 3. The fourth-order valence-electron chi connectivity index (χ4n) is 3.11. The highest BCUT2D eigenvalue weighted by Crippen LogP contribution is 2.39. The van der Waals surface area contributed by atoms with E-state index in [0.29, 0.717) is 15.1 Å². The van der Waals surface area contributed by atoms with Gasteiger partial charge in [0, 0.05) is 5.02 Å². The maximum absolute atomic E-state index is 13.3. The molecule has 3 aromatic carbocycles. The van der Waals surface area contributed by atoms with Gasteiger partial charge in [0.2, 0.25) is 0 Å². The van der Waals surface area contributed by atoms with E-state index in [2.05, 4.69) is 0 Å². The van der Waals surface area contributed by atoms with Crippen molar-refractivity contribution in [2.45, 2.75) is 13.0 Å². The number of amidine groups is 1. The molecule has 1 saturated heterocycles. The van der Waals surface area contributed by atoms with Crippen LogP contribution in [-0.2, 0) is 4.79 Å². The second-order valence-corrected chi connectivity index (χ2v) is 8.10. The molecular weight excluding hydrogens is 400 g/mol. The van der Waals surface area contributed by atoms with Crippen LogP contribution < -0.4 is 0 Å². The van der Waals surface area contributed by atoms with Gasteiger partial charge in [0.1, 0.15) is 0 Å². The molecule has 1 atom stereocenters. The highest BCUT2D eigenvalue weighted by atomic mass is 35.5. The Morgan fingerprint density at radius 2 is 1.55 bits per heavy atom. The zero-order chi connectivity index (χ0) is 20.2. The molecule has 1 heterocycles. The summed E-state index contributed by atoms with van der Waals surface area (Å²) in [5.74, 6) is -0.0454. The smallest absolute Gasteiger partial charge is 0.267 e. The Labute approximate surface area is 179 Å². The molecule has 1 aliphatic rings. The molecule has 1 amide bonds. The van der Waals surface area contributed by atoms with E-state index in [0.717, 1.165) is 16.8 Å². The van der Waals surface area contributed by atoms with Crippen molar-refractivity contribution in [3.8, 4) is 0 Å². The molecule has 144 valence electrons. The van der Waals surface area contributed by atoms with Crippen molar-refractivity contribution < 1.29 is 4.79 Å². The van der Waals surface area contributed by atoms with E-state index in [1.807, 2.05) is 97.9 Å². The Kier molecular flexibility index (Phi) is 5.84. The molecule has 0 radical (unpaired) electrons. The Bertz CT molecular complexity index is 1060.